The predicted octanol–water partition coefficient (Wildman–Crippen LogP) is 6.57. The van der Waals surface area contributed by atoms with E-state index in [0.717, 1.165) is 48.3 Å². The molecule has 1 aliphatic carbocycles. The molecule has 1 fully saturated rings. The first-order valence-corrected chi connectivity index (χ1v) is 12.6. The standard InChI is InChI=1S/C30H32FNO4/c1-17-13-24(25(31)16-32-17)23-11-9-21(14-28(23)34-3)26-12-10-19-5-8-22(15-27(19)36-26)29(20-6-7-20)18(2)30(33)35-4/h5,8-9,11,13-16,18,20,26,29H,6-7,10,12H2,1-4H3/t18-,26+,29-/m0/s1. The molecule has 0 spiro atoms. The molecule has 0 N–H and O–H groups in total. The van der Waals surface area contributed by atoms with E-state index in [2.05, 4.69) is 23.2 Å². The molecule has 6 heteroatoms. The van der Waals surface area contributed by atoms with Crippen molar-refractivity contribution in [3.8, 4) is 22.6 Å². The summed E-state index contributed by atoms with van der Waals surface area (Å²) >= 11 is 0. The third-order valence-electron chi connectivity index (χ3n) is 7.54. The number of nitrogens with zero attached hydrogens (tertiary/aromatic N) is 1. The number of fused-ring (bicyclic) bond motifs is 1. The summed E-state index contributed by atoms with van der Waals surface area (Å²) in [5.41, 5.74) is 5.19. The normalized spacial score (nSPS) is 18.5. The molecule has 1 saturated carbocycles. The van der Waals surface area contributed by atoms with Gasteiger partial charge in [-0.1, -0.05) is 31.2 Å². The lowest BCUT2D eigenvalue weighted by Crippen LogP contribution is -2.23. The molecule has 2 heterocycles. The van der Waals surface area contributed by atoms with Gasteiger partial charge in [-0.2, -0.15) is 0 Å². The Morgan fingerprint density at radius 1 is 1.08 bits per heavy atom. The van der Waals surface area contributed by atoms with Crippen molar-refractivity contribution < 1.29 is 23.4 Å². The Labute approximate surface area is 211 Å². The van der Waals surface area contributed by atoms with E-state index in [-0.39, 0.29) is 29.7 Å². The van der Waals surface area contributed by atoms with Gasteiger partial charge < -0.3 is 14.2 Å². The summed E-state index contributed by atoms with van der Waals surface area (Å²) < 4.78 is 31.7. The van der Waals surface area contributed by atoms with Gasteiger partial charge in [-0.15, -0.1) is 0 Å². The van der Waals surface area contributed by atoms with E-state index >= 15 is 0 Å². The predicted molar refractivity (Wildman–Crippen MR) is 136 cm³/mol. The van der Waals surface area contributed by atoms with E-state index in [1.807, 2.05) is 32.0 Å². The van der Waals surface area contributed by atoms with Crippen LogP contribution in [0.4, 0.5) is 4.39 Å². The number of methoxy groups -OCH3 is 2. The van der Waals surface area contributed by atoms with Crippen LogP contribution in [0.3, 0.4) is 0 Å². The van der Waals surface area contributed by atoms with E-state index < -0.39 is 0 Å². The van der Waals surface area contributed by atoms with Crippen LogP contribution in [0.1, 0.15) is 60.6 Å². The molecule has 2 aliphatic rings. The highest BCUT2D eigenvalue weighted by molar-refractivity contribution is 5.73. The lowest BCUT2D eigenvalue weighted by molar-refractivity contribution is -0.145. The Kier molecular flexibility index (Phi) is 6.69. The number of carbonyl (C=O) groups excluding carboxylic acids is 1. The molecule has 2 aromatic carbocycles. The number of esters is 1. The number of aryl methyl sites for hydroxylation is 2. The van der Waals surface area contributed by atoms with Gasteiger partial charge in [0.25, 0.3) is 0 Å². The van der Waals surface area contributed by atoms with Crippen LogP contribution in [0.25, 0.3) is 11.1 Å². The Morgan fingerprint density at radius 2 is 1.89 bits per heavy atom. The largest absolute Gasteiger partial charge is 0.496 e. The topological polar surface area (TPSA) is 57.7 Å². The molecule has 5 rings (SSSR count). The molecule has 5 nitrogen and oxygen atoms in total. The van der Waals surface area contributed by atoms with Crippen molar-refractivity contribution in [1.29, 1.82) is 0 Å². The number of carbonyl (C=O) groups is 1. The molecule has 0 bridgehead atoms. The molecule has 36 heavy (non-hydrogen) atoms. The van der Waals surface area contributed by atoms with Crippen molar-refractivity contribution in [2.24, 2.45) is 11.8 Å². The number of ether oxygens (including phenoxy) is 3. The van der Waals surface area contributed by atoms with Gasteiger partial charge in [0.05, 0.1) is 26.3 Å². The smallest absolute Gasteiger partial charge is 0.309 e. The first-order chi connectivity index (χ1) is 17.4. The number of rotatable bonds is 7. The third kappa shape index (κ3) is 4.69. The average molecular weight is 490 g/mol. The summed E-state index contributed by atoms with van der Waals surface area (Å²) in [6.07, 6.45) is 5.10. The SMILES string of the molecule is COC(=O)[C@@H](C)[C@H](c1ccc2c(c1)O[C@@H](c1ccc(-c3cc(C)ncc3F)c(OC)c1)CC2)C1CC1. The van der Waals surface area contributed by atoms with Gasteiger partial charge in [0.1, 0.15) is 23.4 Å². The minimum absolute atomic E-state index is 0.129. The highest BCUT2D eigenvalue weighted by Gasteiger charge is 2.39. The molecule has 3 atom stereocenters. The van der Waals surface area contributed by atoms with Crippen LogP contribution in [0, 0.1) is 24.6 Å². The number of halogens is 1. The van der Waals surface area contributed by atoms with Crippen molar-refractivity contribution >= 4 is 5.97 Å². The average Bonchev–Trinajstić information content (AvgIpc) is 3.74. The van der Waals surface area contributed by atoms with Crippen molar-refractivity contribution in [1.82, 2.24) is 4.98 Å². The lowest BCUT2D eigenvalue weighted by atomic mass is 9.82. The fraction of sp³-hybridized carbons (Fsp3) is 0.400. The first-order valence-electron chi connectivity index (χ1n) is 12.6. The number of aromatic nitrogens is 1. The highest BCUT2D eigenvalue weighted by atomic mass is 19.1. The van der Waals surface area contributed by atoms with Crippen LogP contribution in [0.15, 0.2) is 48.7 Å². The van der Waals surface area contributed by atoms with E-state index in [0.29, 0.717) is 22.8 Å². The number of hydrogen-bond acceptors (Lipinski definition) is 5. The molecule has 0 saturated heterocycles. The van der Waals surface area contributed by atoms with E-state index in [1.165, 1.54) is 18.9 Å². The van der Waals surface area contributed by atoms with Crippen LogP contribution in [-0.4, -0.2) is 25.2 Å². The molecule has 0 amide bonds. The van der Waals surface area contributed by atoms with Crippen LogP contribution in [0.5, 0.6) is 11.5 Å². The Morgan fingerprint density at radius 3 is 2.61 bits per heavy atom. The Hall–Kier alpha value is -3.41. The lowest BCUT2D eigenvalue weighted by Gasteiger charge is -2.29. The maximum atomic E-state index is 14.5. The molecular formula is C30H32FNO4. The van der Waals surface area contributed by atoms with E-state index in [4.69, 9.17) is 14.2 Å². The maximum Gasteiger partial charge on any atom is 0.309 e. The monoisotopic (exact) mass is 489 g/mol. The van der Waals surface area contributed by atoms with Crippen molar-refractivity contribution in [3.05, 3.63) is 76.9 Å². The minimum atomic E-state index is -0.381. The molecule has 1 aliphatic heterocycles. The molecule has 0 radical (unpaired) electrons. The quantitative estimate of drug-likeness (QED) is 0.351. The first kappa shape index (κ1) is 24.3. The van der Waals surface area contributed by atoms with Gasteiger partial charge in [-0.3, -0.25) is 9.78 Å². The van der Waals surface area contributed by atoms with Crippen molar-refractivity contribution in [3.63, 3.8) is 0 Å². The van der Waals surface area contributed by atoms with Crippen molar-refractivity contribution in [2.45, 2.75) is 51.6 Å². The summed E-state index contributed by atoms with van der Waals surface area (Å²) in [5, 5.41) is 0. The van der Waals surface area contributed by atoms with E-state index in [1.54, 1.807) is 13.2 Å². The van der Waals surface area contributed by atoms with Gasteiger partial charge in [-0.25, -0.2) is 4.39 Å². The highest BCUT2D eigenvalue weighted by Crippen LogP contribution is 2.48. The zero-order valence-electron chi connectivity index (χ0n) is 21.2. The minimum Gasteiger partial charge on any atom is -0.496 e. The Bertz CT molecular complexity index is 1290. The summed E-state index contributed by atoms with van der Waals surface area (Å²) in [5.74, 6) is 1.35. The number of pyridine rings is 1. The summed E-state index contributed by atoms with van der Waals surface area (Å²) in [4.78, 5) is 16.4. The fourth-order valence-electron chi connectivity index (χ4n) is 5.47. The second kappa shape index (κ2) is 9.92. The fourth-order valence-corrected chi connectivity index (χ4v) is 5.47. The maximum absolute atomic E-state index is 14.5. The van der Waals surface area contributed by atoms with Crippen LogP contribution in [-0.2, 0) is 16.0 Å². The van der Waals surface area contributed by atoms with Gasteiger partial charge in [-0.05, 0) is 79.3 Å². The molecule has 188 valence electrons. The molecule has 0 unspecified atom stereocenters. The van der Waals surface area contributed by atoms with Gasteiger partial charge in [0.15, 0.2) is 0 Å². The van der Waals surface area contributed by atoms with Gasteiger partial charge >= 0.3 is 5.97 Å². The van der Waals surface area contributed by atoms with Crippen LogP contribution >= 0.6 is 0 Å². The Balaban J connectivity index is 1.42. The zero-order valence-corrected chi connectivity index (χ0v) is 21.2. The second-order valence-electron chi connectivity index (χ2n) is 9.95. The summed E-state index contributed by atoms with van der Waals surface area (Å²) in [7, 11) is 3.05. The number of hydrogen-bond donors (Lipinski definition) is 0. The number of benzene rings is 2. The van der Waals surface area contributed by atoms with E-state index in [9.17, 15) is 9.18 Å². The third-order valence-corrected chi connectivity index (χ3v) is 7.54. The van der Waals surface area contributed by atoms with Gasteiger partial charge in [0.2, 0.25) is 0 Å². The molecule has 3 aromatic rings. The van der Waals surface area contributed by atoms with Crippen LogP contribution < -0.4 is 9.47 Å². The molecular weight excluding hydrogens is 457 g/mol. The van der Waals surface area contributed by atoms with Crippen LogP contribution in [0.2, 0.25) is 0 Å². The summed E-state index contributed by atoms with van der Waals surface area (Å²) in [6, 6.07) is 13.9. The van der Waals surface area contributed by atoms with Crippen molar-refractivity contribution in [2.75, 3.05) is 14.2 Å². The van der Waals surface area contributed by atoms with Gasteiger partial charge in [0, 0.05) is 16.8 Å². The second-order valence-corrected chi connectivity index (χ2v) is 9.95. The molecule has 1 aromatic heterocycles. The zero-order chi connectivity index (χ0) is 25.4. The summed E-state index contributed by atoms with van der Waals surface area (Å²) in [6.45, 7) is 3.80.